The maximum atomic E-state index is 11.8. The van der Waals surface area contributed by atoms with Crippen LogP contribution in [0.3, 0.4) is 0 Å². The van der Waals surface area contributed by atoms with Crippen LogP contribution in [0.4, 0.5) is 4.79 Å². The summed E-state index contributed by atoms with van der Waals surface area (Å²) in [6.07, 6.45) is 1.17. The number of hydrogen-bond donors (Lipinski definition) is 2. The summed E-state index contributed by atoms with van der Waals surface area (Å²) < 4.78 is 6.89. The molecular weight excluding hydrogens is 298 g/mol. The van der Waals surface area contributed by atoms with Crippen molar-refractivity contribution in [3.8, 4) is 11.5 Å². The van der Waals surface area contributed by atoms with Gasteiger partial charge in [0.25, 0.3) is 5.91 Å². The Kier molecular flexibility index (Phi) is 3.33. The van der Waals surface area contributed by atoms with Gasteiger partial charge in [0.2, 0.25) is 0 Å². The number of aromatic nitrogens is 1. The number of ether oxygens (including phenoxy) is 1. The maximum Gasteiger partial charge on any atom is 0.414 e. The number of carbonyl (C=O) groups excluding carboxylic acids is 2. The second kappa shape index (κ2) is 5.20. The molecule has 0 spiro atoms. The highest BCUT2D eigenvalue weighted by Gasteiger charge is 2.20. The average Bonchev–Trinajstić information content (AvgIpc) is 2.82. The number of nitrogens with zero attached hydrogens (tertiary/aromatic N) is 2. The van der Waals surface area contributed by atoms with Crippen LogP contribution in [-0.4, -0.2) is 40.5 Å². The first-order valence-electron chi connectivity index (χ1n) is 6.85. The Hall–Kier alpha value is -3.22. The number of rotatable bonds is 2. The zero-order chi connectivity index (χ0) is 16.7. The number of phenolic OH excluding ortho intramolecular Hbond substituents is 1. The molecule has 3 rings (SSSR count). The predicted octanol–water partition coefficient (Wildman–Crippen LogP) is 1.96. The van der Waals surface area contributed by atoms with Gasteiger partial charge in [-0.25, -0.2) is 4.79 Å². The highest BCUT2D eigenvalue weighted by atomic mass is 16.6. The molecule has 7 heteroatoms. The van der Waals surface area contributed by atoms with Crippen molar-refractivity contribution in [2.45, 2.75) is 0 Å². The fourth-order valence-electron chi connectivity index (χ4n) is 2.52. The SMILES string of the molecule is CN(C)C(=O)Oc1cc(O)c2c(C(N)=O)c3ccccn3c2c1. The van der Waals surface area contributed by atoms with Gasteiger partial charge >= 0.3 is 6.09 Å². The van der Waals surface area contributed by atoms with E-state index in [-0.39, 0.29) is 17.1 Å². The maximum absolute atomic E-state index is 11.8. The van der Waals surface area contributed by atoms with E-state index in [2.05, 4.69) is 0 Å². The lowest BCUT2D eigenvalue weighted by molar-refractivity contribution is 0.100. The molecule has 0 aliphatic rings. The summed E-state index contributed by atoms with van der Waals surface area (Å²) in [7, 11) is 3.11. The van der Waals surface area contributed by atoms with Gasteiger partial charge < -0.3 is 24.9 Å². The molecule has 118 valence electrons. The van der Waals surface area contributed by atoms with Crippen molar-refractivity contribution < 1.29 is 19.4 Å². The Balaban J connectivity index is 2.30. The van der Waals surface area contributed by atoms with Crippen molar-refractivity contribution in [1.82, 2.24) is 9.30 Å². The Morgan fingerprint density at radius 3 is 2.61 bits per heavy atom. The molecule has 0 saturated carbocycles. The largest absolute Gasteiger partial charge is 0.507 e. The molecule has 3 aromatic rings. The van der Waals surface area contributed by atoms with Crippen molar-refractivity contribution >= 4 is 28.4 Å². The van der Waals surface area contributed by atoms with Crippen LogP contribution in [0.1, 0.15) is 10.4 Å². The van der Waals surface area contributed by atoms with Crippen LogP contribution < -0.4 is 10.5 Å². The normalized spacial score (nSPS) is 10.9. The van der Waals surface area contributed by atoms with Crippen molar-refractivity contribution in [2.75, 3.05) is 14.1 Å². The summed E-state index contributed by atoms with van der Waals surface area (Å²) in [5.74, 6) is -0.647. The molecule has 3 N–H and O–H groups in total. The highest BCUT2D eigenvalue weighted by Crippen LogP contribution is 2.36. The smallest absolute Gasteiger partial charge is 0.414 e. The minimum absolute atomic E-state index is 0.174. The van der Waals surface area contributed by atoms with Crippen LogP contribution in [-0.2, 0) is 0 Å². The number of nitrogens with two attached hydrogens (primary N) is 1. The molecule has 23 heavy (non-hydrogen) atoms. The first-order chi connectivity index (χ1) is 10.9. The third-order valence-electron chi connectivity index (χ3n) is 3.51. The third-order valence-corrected chi connectivity index (χ3v) is 3.51. The lowest BCUT2D eigenvalue weighted by atomic mass is 10.1. The standard InChI is InChI=1S/C16H15N3O4/c1-18(2)16(22)23-9-7-11-13(12(20)8-9)14(15(17)21)10-5-3-4-6-19(10)11/h3-8,20H,1-2H3,(H2,17,21). The number of fused-ring (bicyclic) bond motifs is 3. The number of hydrogen-bond acceptors (Lipinski definition) is 4. The monoisotopic (exact) mass is 313 g/mol. The van der Waals surface area contributed by atoms with Crippen LogP contribution in [0.2, 0.25) is 0 Å². The van der Waals surface area contributed by atoms with Gasteiger partial charge in [0.05, 0.1) is 22.0 Å². The van der Waals surface area contributed by atoms with Gasteiger partial charge in [0, 0.05) is 32.4 Å². The van der Waals surface area contributed by atoms with E-state index in [1.165, 1.54) is 11.0 Å². The van der Waals surface area contributed by atoms with Crippen molar-refractivity contribution in [3.63, 3.8) is 0 Å². The van der Waals surface area contributed by atoms with Crippen LogP contribution in [0.5, 0.6) is 11.5 Å². The lowest BCUT2D eigenvalue weighted by Gasteiger charge is -2.11. The van der Waals surface area contributed by atoms with Gasteiger partial charge in [-0.15, -0.1) is 0 Å². The molecule has 0 bridgehead atoms. The molecule has 0 unspecified atom stereocenters. The zero-order valence-corrected chi connectivity index (χ0v) is 12.6. The number of amides is 2. The summed E-state index contributed by atoms with van der Waals surface area (Å²) >= 11 is 0. The van der Waals surface area contributed by atoms with E-state index in [4.69, 9.17) is 10.5 Å². The molecule has 0 saturated heterocycles. The Labute approximate surface area is 131 Å². The van der Waals surface area contributed by atoms with E-state index in [0.717, 1.165) is 0 Å². The second-order valence-electron chi connectivity index (χ2n) is 5.29. The van der Waals surface area contributed by atoms with E-state index in [1.54, 1.807) is 49.0 Å². The molecular formula is C16H15N3O4. The summed E-state index contributed by atoms with van der Waals surface area (Å²) in [6, 6.07) is 8.15. The number of benzene rings is 1. The van der Waals surface area contributed by atoms with E-state index in [9.17, 15) is 14.7 Å². The van der Waals surface area contributed by atoms with E-state index in [0.29, 0.717) is 16.4 Å². The summed E-state index contributed by atoms with van der Waals surface area (Å²) in [5, 5.41) is 10.6. The Morgan fingerprint density at radius 2 is 1.96 bits per heavy atom. The number of primary amides is 1. The predicted molar refractivity (Wildman–Crippen MR) is 84.8 cm³/mol. The van der Waals surface area contributed by atoms with E-state index in [1.807, 2.05) is 0 Å². The zero-order valence-electron chi connectivity index (χ0n) is 12.6. The van der Waals surface area contributed by atoms with Crippen molar-refractivity contribution in [2.24, 2.45) is 5.73 Å². The second-order valence-corrected chi connectivity index (χ2v) is 5.29. The molecule has 2 heterocycles. The van der Waals surface area contributed by atoms with Gasteiger partial charge in [-0.1, -0.05) is 6.07 Å². The van der Waals surface area contributed by atoms with E-state index >= 15 is 0 Å². The Morgan fingerprint density at radius 1 is 1.22 bits per heavy atom. The van der Waals surface area contributed by atoms with Crippen molar-refractivity contribution in [1.29, 1.82) is 0 Å². The van der Waals surface area contributed by atoms with Gasteiger partial charge in [0.1, 0.15) is 11.5 Å². The molecule has 7 nitrogen and oxygen atoms in total. The quantitative estimate of drug-likeness (QED) is 0.755. The Bertz CT molecular complexity index is 943. The van der Waals surface area contributed by atoms with Crippen LogP contribution in [0.15, 0.2) is 36.5 Å². The highest BCUT2D eigenvalue weighted by molar-refractivity contribution is 6.15. The number of carbonyl (C=O) groups is 2. The minimum atomic E-state index is -0.642. The third kappa shape index (κ3) is 2.32. The number of phenols is 1. The minimum Gasteiger partial charge on any atom is -0.507 e. The topological polar surface area (TPSA) is 97.3 Å². The molecule has 0 radical (unpaired) electrons. The van der Waals surface area contributed by atoms with Gasteiger partial charge in [-0.05, 0) is 12.1 Å². The molecule has 1 aromatic carbocycles. The molecule has 0 aliphatic carbocycles. The van der Waals surface area contributed by atoms with Crippen LogP contribution in [0, 0.1) is 0 Å². The van der Waals surface area contributed by atoms with E-state index < -0.39 is 12.0 Å². The molecule has 2 amide bonds. The summed E-state index contributed by atoms with van der Waals surface area (Å²) in [6.45, 7) is 0. The lowest BCUT2D eigenvalue weighted by Crippen LogP contribution is -2.25. The van der Waals surface area contributed by atoms with Gasteiger partial charge in [-0.3, -0.25) is 4.79 Å². The number of pyridine rings is 1. The first-order valence-corrected chi connectivity index (χ1v) is 6.85. The van der Waals surface area contributed by atoms with Crippen LogP contribution >= 0.6 is 0 Å². The van der Waals surface area contributed by atoms with Crippen molar-refractivity contribution in [3.05, 3.63) is 42.1 Å². The fourth-order valence-corrected chi connectivity index (χ4v) is 2.52. The molecule has 2 aromatic heterocycles. The number of aromatic hydroxyl groups is 1. The molecule has 0 atom stereocenters. The van der Waals surface area contributed by atoms with Gasteiger partial charge in [-0.2, -0.15) is 0 Å². The fraction of sp³-hybridized carbons (Fsp3) is 0.125. The summed E-state index contributed by atoms with van der Waals surface area (Å²) in [4.78, 5) is 24.7. The average molecular weight is 313 g/mol. The molecule has 0 fully saturated rings. The summed E-state index contributed by atoms with van der Waals surface area (Å²) in [5.41, 5.74) is 6.78. The molecule has 0 aliphatic heterocycles. The first kappa shape index (κ1) is 14.7. The van der Waals surface area contributed by atoms with Crippen LogP contribution in [0.25, 0.3) is 16.4 Å². The van der Waals surface area contributed by atoms with Gasteiger partial charge in [0.15, 0.2) is 0 Å².